The molecule has 0 aliphatic heterocycles. The van der Waals surface area contributed by atoms with E-state index in [1.165, 1.54) is 0 Å². The van der Waals surface area contributed by atoms with Gasteiger partial charge < -0.3 is 5.11 Å². The standard InChI is InChI=1S/C9H18O2/c1-6(2)7(3)5-8(4)9(10)11/h6-8H,5H2,1-4H3,(H,10,11)/t7?,8-/m0/s1. The lowest BCUT2D eigenvalue weighted by Crippen LogP contribution is -2.15. The Bertz CT molecular complexity index is 130. The zero-order chi connectivity index (χ0) is 9.02. The summed E-state index contributed by atoms with van der Waals surface area (Å²) in [6.07, 6.45) is 0.785. The maximum atomic E-state index is 10.5. The van der Waals surface area contributed by atoms with Gasteiger partial charge in [0.2, 0.25) is 0 Å². The van der Waals surface area contributed by atoms with Gasteiger partial charge in [-0.15, -0.1) is 0 Å². The first kappa shape index (κ1) is 10.5. The molecular weight excluding hydrogens is 140 g/mol. The fourth-order valence-corrected chi connectivity index (χ4v) is 0.931. The summed E-state index contributed by atoms with van der Waals surface area (Å²) in [4.78, 5) is 10.5. The van der Waals surface area contributed by atoms with Gasteiger partial charge in [-0.2, -0.15) is 0 Å². The summed E-state index contributed by atoms with van der Waals surface area (Å²) in [5.74, 6) is 0.197. The van der Waals surface area contributed by atoms with E-state index in [4.69, 9.17) is 5.11 Å². The van der Waals surface area contributed by atoms with E-state index >= 15 is 0 Å². The first-order valence-corrected chi connectivity index (χ1v) is 4.18. The Morgan fingerprint density at radius 1 is 1.27 bits per heavy atom. The van der Waals surface area contributed by atoms with Crippen LogP contribution in [0.3, 0.4) is 0 Å². The highest BCUT2D eigenvalue weighted by molar-refractivity contribution is 5.69. The van der Waals surface area contributed by atoms with Crippen molar-refractivity contribution in [1.29, 1.82) is 0 Å². The second kappa shape index (κ2) is 4.37. The Hall–Kier alpha value is -0.530. The minimum Gasteiger partial charge on any atom is -0.481 e. The van der Waals surface area contributed by atoms with Gasteiger partial charge in [-0.1, -0.05) is 27.7 Å². The van der Waals surface area contributed by atoms with E-state index in [9.17, 15) is 4.79 Å². The third kappa shape index (κ3) is 4.02. The highest BCUT2D eigenvalue weighted by Gasteiger charge is 2.16. The number of aliphatic carboxylic acids is 1. The average molecular weight is 158 g/mol. The zero-order valence-corrected chi connectivity index (χ0v) is 7.79. The zero-order valence-electron chi connectivity index (χ0n) is 7.79. The van der Waals surface area contributed by atoms with Gasteiger partial charge in [-0.25, -0.2) is 0 Å². The van der Waals surface area contributed by atoms with Crippen molar-refractivity contribution in [1.82, 2.24) is 0 Å². The fraction of sp³-hybridized carbons (Fsp3) is 0.889. The molecule has 1 N–H and O–H groups in total. The van der Waals surface area contributed by atoms with Crippen LogP contribution in [0.1, 0.15) is 34.1 Å². The van der Waals surface area contributed by atoms with Crippen molar-refractivity contribution in [2.24, 2.45) is 17.8 Å². The molecule has 0 aromatic carbocycles. The van der Waals surface area contributed by atoms with Crippen molar-refractivity contribution in [3.8, 4) is 0 Å². The maximum Gasteiger partial charge on any atom is 0.306 e. The molecule has 0 fully saturated rings. The summed E-state index contributed by atoms with van der Waals surface area (Å²) >= 11 is 0. The minimum absolute atomic E-state index is 0.201. The molecule has 0 saturated carbocycles. The van der Waals surface area contributed by atoms with Gasteiger partial charge in [-0.3, -0.25) is 4.79 Å². The van der Waals surface area contributed by atoms with Gasteiger partial charge in [0.05, 0.1) is 5.92 Å². The molecule has 0 aromatic rings. The van der Waals surface area contributed by atoms with Crippen LogP contribution in [-0.4, -0.2) is 11.1 Å². The van der Waals surface area contributed by atoms with Crippen LogP contribution in [0.4, 0.5) is 0 Å². The number of hydrogen-bond acceptors (Lipinski definition) is 1. The quantitative estimate of drug-likeness (QED) is 0.682. The van der Waals surface area contributed by atoms with Gasteiger partial charge in [0.1, 0.15) is 0 Å². The van der Waals surface area contributed by atoms with Crippen molar-refractivity contribution >= 4 is 5.97 Å². The van der Waals surface area contributed by atoms with E-state index < -0.39 is 5.97 Å². The lowest BCUT2D eigenvalue weighted by atomic mass is 9.89. The van der Waals surface area contributed by atoms with Crippen LogP contribution < -0.4 is 0 Å². The van der Waals surface area contributed by atoms with Gasteiger partial charge >= 0.3 is 5.97 Å². The predicted octanol–water partition coefficient (Wildman–Crippen LogP) is 2.39. The Morgan fingerprint density at radius 3 is 2.00 bits per heavy atom. The predicted molar refractivity (Wildman–Crippen MR) is 45.4 cm³/mol. The third-order valence-electron chi connectivity index (χ3n) is 2.28. The third-order valence-corrected chi connectivity index (χ3v) is 2.28. The first-order chi connectivity index (χ1) is 4.95. The summed E-state index contributed by atoms with van der Waals surface area (Å²) in [5.41, 5.74) is 0. The normalized spacial score (nSPS) is 16.5. The van der Waals surface area contributed by atoms with Crippen molar-refractivity contribution in [2.75, 3.05) is 0 Å². The number of carboxylic acid groups (broad SMARTS) is 1. The number of carbonyl (C=O) groups is 1. The summed E-state index contributed by atoms with van der Waals surface area (Å²) < 4.78 is 0. The average Bonchev–Trinajstić information content (AvgIpc) is 1.87. The highest BCUT2D eigenvalue weighted by Crippen LogP contribution is 2.19. The van der Waals surface area contributed by atoms with Crippen molar-refractivity contribution in [3.63, 3.8) is 0 Å². The molecule has 2 heteroatoms. The molecule has 0 radical (unpaired) electrons. The van der Waals surface area contributed by atoms with E-state index in [1.54, 1.807) is 6.92 Å². The van der Waals surface area contributed by atoms with Gasteiger partial charge in [-0.05, 0) is 18.3 Å². The number of rotatable bonds is 4. The summed E-state index contributed by atoms with van der Waals surface area (Å²) in [5, 5.41) is 8.61. The Labute approximate surface area is 68.6 Å². The molecular formula is C9H18O2. The summed E-state index contributed by atoms with van der Waals surface area (Å²) in [6.45, 7) is 8.11. The molecule has 0 rings (SSSR count). The largest absolute Gasteiger partial charge is 0.481 e. The van der Waals surface area contributed by atoms with Crippen LogP contribution in [-0.2, 0) is 4.79 Å². The van der Waals surface area contributed by atoms with Crippen molar-refractivity contribution in [2.45, 2.75) is 34.1 Å². The second-order valence-corrected chi connectivity index (χ2v) is 3.70. The molecule has 0 bridgehead atoms. The molecule has 0 spiro atoms. The van der Waals surface area contributed by atoms with Crippen LogP contribution in [0, 0.1) is 17.8 Å². The lowest BCUT2D eigenvalue weighted by Gasteiger charge is -2.17. The van der Waals surface area contributed by atoms with Crippen LogP contribution in [0.2, 0.25) is 0 Å². The molecule has 0 amide bonds. The lowest BCUT2D eigenvalue weighted by molar-refractivity contribution is -0.141. The van der Waals surface area contributed by atoms with Crippen LogP contribution in [0.5, 0.6) is 0 Å². The monoisotopic (exact) mass is 158 g/mol. The van der Waals surface area contributed by atoms with Crippen LogP contribution in [0.25, 0.3) is 0 Å². The Kier molecular flexibility index (Phi) is 4.16. The van der Waals surface area contributed by atoms with Gasteiger partial charge in [0.25, 0.3) is 0 Å². The second-order valence-electron chi connectivity index (χ2n) is 3.70. The van der Waals surface area contributed by atoms with E-state index in [2.05, 4.69) is 20.8 Å². The number of carboxylic acids is 1. The number of hydrogen-bond donors (Lipinski definition) is 1. The maximum absolute atomic E-state index is 10.5. The summed E-state index contributed by atoms with van der Waals surface area (Å²) in [6, 6.07) is 0. The van der Waals surface area contributed by atoms with Crippen molar-refractivity contribution in [3.05, 3.63) is 0 Å². The van der Waals surface area contributed by atoms with Gasteiger partial charge in [0.15, 0.2) is 0 Å². The van der Waals surface area contributed by atoms with Crippen LogP contribution >= 0.6 is 0 Å². The van der Waals surface area contributed by atoms with Crippen molar-refractivity contribution < 1.29 is 9.90 Å². The summed E-state index contributed by atoms with van der Waals surface area (Å²) in [7, 11) is 0. The van der Waals surface area contributed by atoms with Gasteiger partial charge in [0, 0.05) is 0 Å². The Morgan fingerprint density at radius 2 is 1.73 bits per heavy atom. The molecule has 11 heavy (non-hydrogen) atoms. The smallest absolute Gasteiger partial charge is 0.306 e. The molecule has 2 atom stereocenters. The molecule has 0 saturated heterocycles. The van der Waals surface area contributed by atoms with E-state index in [-0.39, 0.29) is 5.92 Å². The van der Waals surface area contributed by atoms with E-state index in [0.29, 0.717) is 11.8 Å². The molecule has 0 aromatic heterocycles. The topological polar surface area (TPSA) is 37.3 Å². The molecule has 2 nitrogen and oxygen atoms in total. The minimum atomic E-state index is -0.683. The molecule has 0 aliphatic carbocycles. The Balaban J connectivity index is 3.75. The first-order valence-electron chi connectivity index (χ1n) is 4.18. The molecule has 66 valence electrons. The molecule has 1 unspecified atom stereocenters. The van der Waals surface area contributed by atoms with E-state index in [0.717, 1.165) is 6.42 Å². The van der Waals surface area contributed by atoms with Crippen LogP contribution in [0.15, 0.2) is 0 Å². The SMILES string of the molecule is CC(C)C(C)C[C@H](C)C(=O)O. The fourth-order valence-electron chi connectivity index (χ4n) is 0.931. The van der Waals surface area contributed by atoms with E-state index in [1.807, 2.05) is 0 Å². The highest BCUT2D eigenvalue weighted by atomic mass is 16.4. The molecule has 0 aliphatic rings. The molecule has 0 heterocycles.